The van der Waals surface area contributed by atoms with E-state index in [1.165, 1.54) is 29.8 Å². The lowest BCUT2D eigenvalue weighted by molar-refractivity contribution is -0.158. The van der Waals surface area contributed by atoms with Gasteiger partial charge < -0.3 is 28.4 Å². The fraction of sp³-hybridized carbons (Fsp3) is 0.327. The van der Waals surface area contributed by atoms with Gasteiger partial charge in [-0.3, -0.25) is 19.8 Å². The van der Waals surface area contributed by atoms with Gasteiger partial charge in [-0.1, -0.05) is 54.1 Å². The normalized spacial score (nSPS) is 13.8. The molecule has 4 heterocycles. The Morgan fingerprint density at radius 2 is 1.74 bits per heavy atom. The molecule has 8 rings (SSSR count). The number of aromatic nitrogens is 4. The van der Waals surface area contributed by atoms with Gasteiger partial charge in [0.05, 0.1) is 48.6 Å². The molecule has 0 spiro atoms. The van der Waals surface area contributed by atoms with Gasteiger partial charge in [0.25, 0.3) is 0 Å². The quantitative estimate of drug-likeness (QED) is 0.0564. The van der Waals surface area contributed by atoms with Crippen molar-refractivity contribution in [1.82, 2.24) is 30.2 Å². The summed E-state index contributed by atoms with van der Waals surface area (Å²) in [6.45, 7) is 12.3. The van der Waals surface area contributed by atoms with Crippen LogP contribution in [0.15, 0.2) is 97.5 Å². The third-order valence-electron chi connectivity index (χ3n) is 11.9. The van der Waals surface area contributed by atoms with Crippen LogP contribution >= 0.6 is 22.9 Å². The van der Waals surface area contributed by atoms with Gasteiger partial charge in [-0.05, 0) is 105 Å². The Labute approximate surface area is 432 Å². The summed E-state index contributed by atoms with van der Waals surface area (Å²) in [6.07, 6.45) is 2.34. The molecule has 2 unspecified atom stereocenters. The summed E-state index contributed by atoms with van der Waals surface area (Å²) < 4.78 is 50.3. The largest absolute Gasteiger partial charge is 0.496 e. The second-order valence-corrected chi connectivity index (χ2v) is 19.6. The third kappa shape index (κ3) is 12.8. The summed E-state index contributed by atoms with van der Waals surface area (Å²) >= 11 is 8.11. The number of para-hydroxylation sites is 1. The summed E-state index contributed by atoms with van der Waals surface area (Å²) in [5.41, 5.74) is 4.82. The summed E-state index contributed by atoms with van der Waals surface area (Å²) in [6, 6.07) is 23.6. The van der Waals surface area contributed by atoms with E-state index in [1.807, 2.05) is 63.2 Å². The molecule has 3 aromatic heterocycles. The zero-order valence-electron chi connectivity index (χ0n) is 41.4. The van der Waals surface area contributed by atoms with E-state index >= 15 is 0 Å². The Morgan fingerprint density at radius 3 is 2.48 bits per heavy atom. The monoisotopic (exact) mass is 1030 g/mol. The van der Waals surface area contributed by atoms with Crippen LogP contribution in [-0.2, 0) is 43.4 Å². The van der Waals surface area contributed by atoms with Crippen molar-refractivity contribution in [2.24, 2.45) is 0 Å². The topological polar surface area (TPSA) is 173 Å². The number of benzene rings is 4. The van der Waals surface area contributed by atoms with Gasteiger partial charge in [0.2, 0.25) is 12.0 Å². The van der Waals surface area contributed by atoms with Crippen LogP contribution in [0.1, 0.15) is 60.4 Å². The molecule has 1 aliphatic rings. The molecule has 2 atom stereocenters. The van der Waals surface area contributed by atoms with Gasteiger partial charge in [0.15, 0.2) is 12.1 Å². The maximum atomic E-state index is 14.3. The van der Waals surface area contributed by atoms with Gasteiger partial charge in [0.1, 0.15) is 46.7 Å². The minimum absolute atomic E-state index is 0.0300. The third-order valence-corrected chi connectivity index (χ3v) is 13.6. The fourth-order valence-electron chi connectivity index (χ4n) is 8.38. The van der Waals surface area contributed by atoms with Crippen LogP contribution in [0.5, 0.6) is 17.4 Å². The molecule has 73 heavy (non-hydrogen) atoms. The second-order valence-electron chi connectivity index (χ2n) is 18.2. The predicted molar refractivity (Wildman–Crippen MR) is 277 cm³/mol. The van der Waals surface area contributed by atoms with Crippen LogP contribution < -0.4 is 19.5 Å². The van der Waals surface area contributed by atoms with Crippen molar-refractivity contribution in [2.75, 3.05) is 46.6 Å². The molecule has 0 radical (unpaired) electrons. The van der Waals surface area contributed by atoms with Crippen molar-refractivity contribution in [1.29, 1.82) is 0 Å². The molecular formula is C55H56ClFN6O9S. The maximum absolute atomic E-state index is 14.3. The molecule has 0 saturated carbocycles. The number of fused-ring (bicyclic) bond motifs is 1. The number of nitrogens with zero attached hydrogens (tertiary/aromatic N) is 5. The average Bonchev–Trinajstić information content (AvgIpc) is 3.78. The van der Waals surface area contributed by atoms with E-state index in [2.05, 4.69) is 25.2 Å². The van der Waals surface area contributed by atoms with Gasteiger partial charge >= 0.3 is 11.9 Å². The summed E-state index contributed by atoms with van der Waals surface area (Å²) in [5, 5.41) is 4.17. The number of methoxy groups -OCH3 is 1. The van der Waals surface area contributed by atoms with Crippen LogP contribution in [0.3, 0.4) is 0 Å². The fourth-order valence-corrected chi connectivity index (χ4v) is 9.74. The van der Waals surface area contributed by atoms with E-state index in [-0.39, 0.29) is 43.1 Å². The van der Waals surface area contributed by atoms with Crippen LogP contribution in [0.25, 0.3) is 43.2 Å². The van der Waals surface area contributed by atoms with E-state index in [0.717, 1.165) is 5.56 Å². The van der Waals surface area contributed by atoms with Crippen LogP contribution in [0.4, 0.5) is 4.39 Å². The first-order valence-corrected chi connectivity index (χ1v) is 25.0. The molecule has 4 aromatic carbocycles. The van der Waals surface area contributed by atoms with Crippen molar-refractivity contribution >= 4 is 51.4 Å². The van der Waals surface area contributed by atoms with Gasteiger partial charge in [-0.25, -0.2) is 29.1 Å². The number of nitrogens with one attached hydrogen (secondary N) is 1. The van der Waals surface area contributed by atoms with E-state index in [1.54, 1.807) is 57.5 Å². The lowest BCUT2D eigenvalue weighted by Gasteiger charge is -2.31. The minimum atomic E-state index is -1.29. The van der Waals surface area contributed by atoms with E-state index in [9.17, 15) is 18.8 Å². The Bertz CT molecular complexity index is 3090. The summed E-state index contributed by atoms with van der Waals surface area (Å²) in [4.78, 5) is 61.8. The van der Waals surface area contributed by atoms with Crippen LogP contribution in [0, 0.1) is 12.7 Å². The average molecular weight is 1030 g/mol. The van der Waals surface area contributed by atoms with E-state index < -0.39 is 29.5 Å². The van der Waals surface area contributed by atoms with Gasteiger partial charge in [0, 0.05) is 54.8 Å². The standard InChI is InChI=1S/C55H56ClFN6O9S/c1-7-69-54(66)45(71-51-47-46(40-18-15-36(30-64)48(56)33(40)2)49(73-52(47)61-32-60-51)35-13-16-38(57)17-14-35)27-37-26-34(28-59-42(53(65)72-55(3,4)5)29-63-22-24-68-25-23-63)12-19-43(37)70-31-39-20-21-58-50(62-39)41-10-8-9-11-44(41)67-6/h8-21,26,30,32,42,45,59H,7,22-25,27-29,31H2,1-6H3. The first kappa shape index (κ1) is 52.4. The lowest BCUT2D eigenvalue weighted by Crippen LogP contribution is -2.50. The van der Waals surface area contributed by atoms with E-state index in [4.69, 9.17) is 45.0 Å². The highest BCUT2D eigenvalue weighted by atomic mass is 35.5. The predicted octanol–water partition coefficient (Wildman–Crippen LogP) is 9.67. The molecule has 1 N–H and O–H groups in total. The Balaban J connectivity index is 1.18. The van der Waals surface area contributed by atoms with Crippen molar-refractivity contribution in [3.05, 3.63) is 136 Å². The number of carbonyl (C=O) groups excluding carboxylic acids is 3. The molecule has 0 aliphatic carbocycles. The number of ether oxygens (including phenoxy) is 6. The molecule has 0 bridgehead atoms. The van der Waals surface area contributed by atoms with Crippen LogP contribution in [0.2, 0.25) is 5.02 Å². The zero-order chi connectivity index (χ0) is 51.6. The van der Waals surface area contributed by atoms with Crippen molar-refractivity contribution in [3.63, 3.8) is 0 Å². The first-order chi connectivity index (χ1) is 35.2. The molecule has 15 nitrogen and oxygen atoms in total. The number of esters is 2. The van der Waals surface area contributed by atoms with Crippen molar-refractivity contribution in [2.45, 2.75) is 71.9 Å². The molecule has 380 valence electrons. The molecule has 1 fully saturated rings. The Hall–Kier alpha value is -6.89. The summed E-state index contributed by atoms with van der Waals surface area (Å²) in [5.74, 6) is 0.128. The number of aldehydes is 1. The highest BCUT2D eigenvalue weighted by Gasteiger charge is 2.31. The molecule has 7 aromatic rings. The molecular weight excluding hydrogens is 975 g/mol. The van der Waals surface area contributed by atoms with Gasteiger partial charge in [-0.2, -0.15) is 0 Å². The second kappa shape index (κ2) is 23.8. The smallest absolute Gasteiger partial charge is 0.347 e. The van der Waals surface area contributed by atoms with E-state index in [0.29, 0.717) is 116 Å². The SMILES string of the molecule is CCOC(=O)C(Cc1cc(CNC(CN2CCOCC2)C(=O)OC(C)(C)C)ccc1OCc1ccnc(-c2ccccc2OC)n1)Oc1ncnc2sc(-c3ccc(F)cc3)c(-c3ccc(C=O)c(Cl)c3C)c12. The molecule has 1 aliphatic heterocycles. The molecule has 0 amide bonds. The Kier molecular flexibility index (Phi) is 17.1. The molecule has 1 saturated heterocycles. The highest BCUT2D eigenvalue weighted by Crippen LogP contribution is 2.49. The summed E-state index contributed by atoms with van der Waals surface area (Å²) in [7, 11) is 1.59. The molecule has 18 heteroatoms. The van der Waals surface area contributed by atoms with Gasteiger partial charge in [-0.15, -0.1) is 11.3 Å². The van der Waals surface area contributed by atoms with Crippen LogP contribution in [-0.4, -0.2) is 107 Å². The number of carbonyl (C=O) groups is 3. The number of thiophene rings is 1. The minimum Gasteiger partial charge on any atom is -0.496 e. The Morgan fingerprint density at radius 1 is 0.959 bits per heavy atom. The number of hydrogen-bond donors (Lipinski definition) is 1. The number of rotatable bonds is 20. The highest BCUT2D eigenvalue weighted by molar-refractivity contribution is 7.22. The lowest BCUT2D eigenvalue weighted by atomic mass is 9.95. The van der Waals surface area contributed by atoms with Crippen molar-refractivity contribution < 1.29 is 47.2 Å². The first-order valence-electron chi connectivity index (χ1n) is 23.8. The number of halogens is 2. The maximum Gasteiger partial charge on any atom is 0.347 e. The number of morpholine rings is 1. The number of hydrogen-bond acceptors (Lipinski definition) is 16. The van der Waals surface area contributed by atoms with Crippen molar-refractivity contribution in [3.8, 4) is 50.3 Å². The zero-order valence-corrected chi connectivity index (χ0v) is 43.0.